The van der Waals surface area contributed by atoms with Gasteiger partial charge in [0.2, 0.25) is 0 Å². The Labute approximate surface area is 130 Å². The number of aromatic nitrogens is 1. The molecule has 1 saturated heterocycles. The van der Waals surface area contributed by atoms with Gasteiger partial charge in [0.15, 0.2) is 0 Å². The second-order valence-electron chi connectivity index (χ2n) is 6.61. The first-order chi connectivity index (χ1) is 10.0. The lowest BCUT2D eigenvalue weighted by molar-refractivity contribution is 0.360. The van der Waals surface area contributed by atoms with Crippen molar-refractivity contribution in [2.75, 3.05) is 18.0 Å². The van der Waals surface area contributed by atoms with Crippen LogP contribution in [0.2, 0.25) is 0 Å². The minimum atomic E-state index is 0.581. The average molecular weight is 289 g/mol. The third-order valence-corrected chi connectivity index (χ3v) is 4.83. The van der Waals surface area contributed by atoms with Gasteiger partial charge < -0.3 is 10.2 Å². The van der Waals surface area contributed by atoms with Gasteiger partial charge >= 0.3 is 0 Å². The first-order valence-corrected chi connectivity index (χ1v) is 8.49. The number of piperidine rings is 1. The molecule has 2 atom stereocenters. The molecule has 118 valence electrons. The molecule has 3 heteroatoms. The molecule has 0 amide bonds. The van der Waals surface area contributed by atoms with Gasteiger partial charge in [-0.25, -0.2) is 4.98 Å². The quantitative estimate of drug-likeness (QED) is 0.835. The predicted molar refractivity (Wildman–Crippen MR) is 90.9 cm³/mol. The van der Waals surface area contributed by atoms with E-state index in [9.17, 15) is 0 Å². The van der Waals surface area contributed by atoms with Crippen LogP contribution >= 0.6 is 0 Å². The summed E-state index contributed by atoms with van der Waals surface area (Å²) < 4.78 is 0. The van der Waals surface area contributed by atoms with Crippen LogP contribution in [0.15, 0.2) is 6.07 Å². The molecule has 3 nitrogen and oxygen atoms in total. The zero-order chi connectivity index (χ0) is 15.4. The zero-order valence-electron chi connectivity index (χ0n) is 14.4. The number of nitrogens with zero attached hydrogens (tertiary/aromatic N) is 2. The molecule has 1 aromatic heterocycles. The van der Waals surface area contributed by atoms with E-state index in [1.165, 1.54) is 36.2 Å². The summed E-state index contributed by atoms with van der Waals surface area (Å²) >= 11 is 0. The molecule has 1 aliphatic heterocycles. The van der Waals surface area contributed by atoms with E-state index in [0.29, 0.717) is 6.04 Å². The highest BCUT2D eigenvalue weighted by Gasteiger charge is 2.27. The lowest BCUT2D eigenvalue weighted by atomic mass is 9.91. The Morgan fingerprint density at radius 2 is 2.10 bits per heavy atom. The largest absolute Gasteiger partial charge is 0.353 e. The Morgan fingerprint density at radius 3 is 2.81 bits per heavy atom. The smallest absolute Gasteiger partial charge is 0.133 e. The van der Waals surface area contributed by atoms with Crippen molar-refractivity contribution >= 4 is 5.82 Å². The van der Waals surface area contributed by atoms with Crippen LogP contribution in [0.3, 0.4) is 0 Å². The van der Waals surface area contributed by atoms with Crippen molar-refractivity contribution in [2.24, 2.45) is 5.92 Å². The normalized spacial score (nSPS) is 22.6. The van der Waals surface area contributed by atoms with Crippen LogP contribution in [-0.4, -0.2) is 24.1 Å². The Morgan fingerprint density at radius 1 is 1.33 bits per heavy atom. The van der Waals surface area contributed by atoms with Crippen LogP contribution < -0.4 is 10.2 Å². The molecule has 1 aromatic rings. The average Bonchev–Trinajstić information content (AvgIpc) is 2.44. The van der Waals surface area contributed by atoms with E-state index in [-0.39, 0.29) is 0 Å². The Kier molecular flexibility index (Phi) is 5.63. The van der Waals surface area contributed by atoms with Crippen LogP contribution in [0, 0.1) is 19.8 Å². The number of rotatable bonds is 5. The monoisotopic (exact) mass is 289 g/mol. The van der Waals surface area contributed by atoms with Crippen molar-refractivity contribution < 1.29 is 0 Å². The van der Waals surface area contributed by atoms with Crippen molar-refractivity contribution in [1.29, 1.82) is 0 Å². The molecular weight excluding hydrogens is 258 g/mol. The van der Waals surface area contributed by atoms with Gasteiger partial charge in [0.1, 0.15) is 5.82 Å². The van der Waals surface area contributed by atoms with Gasteiger partial charge in [-0.05, 0) is 64.1 Å². The second-order valence-corrected chi connectivity index (χ2v) is 6.61. The van der Waals surface area contributed by atoms with Gasteiger partial charge in [-0.3, -0.25) is 0 Å². The summed E-state index contributed by atoms with van der Waals surface area (Å²) in [6, 6.07) is 2.79. The standard InChI is InChI=1S/C18H31N3/c1-6-9-19-12-17-14(3)11-15(4)20-18(17)21-10-7-8-13(2)16(21)5/h11,13,16,19H,6-10,12H2,1-5H3. The van der Waals surface area contributed by atoms with Crippen molar-refractivity contribution in [3.8, 4) is 0 Å². The molecule has 2 rings (SSSR count). The van der Waals surface area contributed by atoms with Gasteiger partial charge in [-0.2, -0.15) is 0 Å². The SMILES string of the molecule is CCCNCc1c(C)cc(C)nc1N1CCCC(C)C1C. The summed E-state index contributed by atoms with van der Waals surface area (Å²) in [6.07, 6.45) is 3.79. The Bertz CT molecular complexity index is 470. The molecule has 0 aliphatic carbocycles. The molecule has 0 aromatic carbocycles. The fraction of sp³-hybridized carbons (Fsp3) is 0.722. The van der Waals surface area contributed by atoms with E-state index in [0.717, 1.165) is 31.2 Å². The number of anilines is 1. The van der Waals surface area contributed by atoms with E-state index >= 15 is 0 Å². The molecule has 2 unspecified atom stereocenters. The number of hydrogen-bond acceptors (Lipinski definition) is 3. The van der Waals surface area contributed by atoms with Crippen LogP contribution in [0.5, 0.6) is 0 Å². The van der Waals surface area contributed by atoms with Crippen LogP contribution in [0.1, 0.15) is 56.9 Å². The topological polar surface area (TPSA) is 28.2 Å². The molecule has 0 bridgehead atoms. The molecule has 21 heavy (non-hydrogen) atoms. The fourth-order valence-electron chi connectivity index (χ4n) is 3.32. The van der Waals surface area contributed by atoms with Crippen LogP contribution in [0.25, 0.3) is 0 Å². The van der Waals surface area contributed by atoms with Crippen molar-refractivity contribution in [3.63, 3.8) is 0 Å². The van der Waals surface area contributed by atoms with Crippen LogP contribution in [0.4, 0.5) is 5.82 Å². The number of pyridine rings is 1. The maximum absolute atomic E-state index is 4.91. The van der Waals surface area contributed by atoms with Gasteiger partial charge in [-0.15, -0.1) is 0 Å². The van der Waals surface area contributed by atoms with E-state index < -0.39 is 0 Å². The third kappa shape index (κ3) is 3.76. The molecule has 0 spiro atoms. The maximum Gasteiger partial charge on any atom is 0.133 e. The van der Waals surface area contributed by atoms with Gasteiger partial charge in [0, 0.05) is 30.4 Å². The minimum Gasteiger partial charge on any atom is -0.353 e. The lowest BCUT2D eigenvalue weighted by Gasteiger charge is -2.40. The highest BCUT2D eigenvalue weighted by Crippen LogP contribution is 2.31. The van der Waals surface area contributed by atoms with E-state index in [1.54, 1.807) is 0 Å². The van der Waals surface area contributed by atoms with Crippen molar-refractivity contribution in [3.05, 3.63) is 22.9 Å². The van der Waals surface area contributed by atoms with E-state index in [2.05, 4.69) is 50.9 Å². The summed E-state index contributed by atoms with van der Waals surface area (Å²) in [4.78, 5) is 7.45. The highest BCUT2D eigenvalue weighted by molar-refractivity contribution is 5.52. The van der Waals surface area contributed by atoms with Gasteiger partial charge in [0.25, 0.3) is 0 Å². The van der Waals surface area contributed by atoms with Gasteiger partial charge in [0.05, 0.1) is 0 Å². The predicted octanol–water partition coefficient (Wildman–Crippen LogP) is 3.82. The summed E-state index contributed by atoms with van der Waals surface area (Å²) in [6.45, 7) is 14.4. The molecule has 1 fully saturated rings. The number of hydrogen-bond donors (Lipinski definition) is 1. The molecule has 1 N–H and O–H groups in total. The number of aryl methyl sites for hydroxylation is 2. The first-order valence-electron chi connectivity index (χ1n) is 8.49. The summed E-state index contributed by atoms with van der Waals surface area (Å²) in [7, 11) is 0. The Balaban J connectivity index is 2.31. The lowest BCUT2D eigenvalue weighted by Crippen LogP contribution is -2.43. The molecule has 0 saturated carbocycles. The third-order valence-electron chi connectivity index (χ3n) is 4.83. The number of nitrogens with one attached hydrogen (secondary N) is 1. The highest BCUT2D eigenvalue weighted by atomic mass is 15.2. The zero-order valence-corrected chi connectivity index (χ0v) is 14.4. The summed E-state index contributed by atoms with van der Waals surface area (Å²) in [5.41, 5.74) is 3.88. The minimum absolute atomic E-state index is 0.581. The van der Waals surface area contributed by atoms with Crippen molar-refractivity contribution in [2.45, 2.75) is 66.5 Å². The molecule has 2 heterocycles. The first kappa shape index (κ1) is 16.3. The van der Waals surface area contributed by atoms with E-state index in [4.69, 9.17) is 4.98 Å². The summed E-state index contributed by atoms with van der Waals surface area (Å²) in [5, 5.41) is 3.55. The van der Waals surface area contributed by atoms with Crippen LogP contribution in [-0.2, 0) is 6.54 Å². The summed E-state index contributed by atoms with van der Waals surface area (Å²) in [5.74, 6) is 1.97. The fourth-order valence-corrected chi connectivity index (χ4v) is 3.32. The van der Waals surface area contributed by atoms with Crippen molar-refractivity contribution in [1.82, 2.24) is 10.3 Å². The second kappa shape index (κ2) is 7.26. The molecule has 0 radical (unpaired) electrons. The van der Waals surface area contributed by atoms with Gasteiger partial charge in [-0.1, -0.05) is 13.8 Å². The molecule has 1 aliphatic rings. The Hall–Kier alpha value is -1.09. The van der Waals surface area contributed by atoms with E-state index in [1.807, 2.05) is 0 Å². The maximum atomic E-state index is 4.91. The molecular formula is C18H31N3.